The van der Waals surface area contributed by atoms with Crippen molar-refractivity contribution < 1.29 is 19.4 Å². The molecule has 0 heterocycles. The van der Waals surface area contributed by atoms with Crippen LogP contribution in [0, 0.1) is 0 Å². The van der Waals surface area contributed by atoms with Crippen LogP contribution in [0.15, 0.2) is 36.0 Å². The van der Waals surface area contributed by atoms with Crippen molar-refractivity contribution in [2.24, 2.45) is 0 Å². The van der Waals surface area contributed by atoms with E-state index in [9.17, 15) is 14.7 Å². The topological polar surface area (TPSA) is 75.6 Å². The lowest BCUT2D eigenvalue weighted by Crippen LogP contribution is -2.43. The Bertz CT molecular complexity index is 469. The molecular weight excluding hydrogens is 270 g/mol. The molecule has 2 N–H and O–H groups in total. The first kappa shape index (κ1) is 17.0. The van der Waals surface area contributed by atoms with Crippen LogP contribution in [0.4, 0.5) is 4.79 Å². The summed E-state index contributed by atoms with van der Waals surface area (Å²) in [7, 11) is 0. The predicted molar refractivity (Wildman–Crippen MR) is 81.0 cm³/mol. The zero-order valence-electron chi connectivity index (χ0n) is 12.8. The largest absolute Gasteiger partial charge is 0.480 e. The zero-order chi connectivity index (χ0) is 15.9. The molecule has 1 unspecified atom stereocenters. The number of nitrogens with one attached hydrogen (secondary N) is 1. The number of carboxylic acids is 1. The van der Waals surface area contributed by atoms with E-state index in [1.54, 1.807) is 20.8 Å². The third-order valence-corrected chi connectivity index (χ3v) is 2.76. The van der Waals surface area contributed by atoms with Gasteiger partial charge in [0.1, 0.15) is 11.6 Å². The Morgan fingerprint density at radius 2 is 2.10 bits per heavy atom. The molecule has 1 aliphatic carbocycles. The SMILES string of the molecule is CC(C)(C)OC(=O)NC(CCC1=CC=CCC=C1)C(=O)O. The third-order valence-electron chi connectivity index (χ3n) is 2.76. The summed E-state index contributed by atoms with van der Waals surface area (Å²) >= 11 is 0. The zero-order valence-corrected chi connectivity index (χ0v) is 12.8. The Kier molecular flexibility index (Phi) is 6.21. The van der Waals surface area contributed by atoms with Gasteiger partial charge < -0.3 is 15.2 Å². The molecule has 0 saturated heterocycles. The molecule has 0 aromatic rings. The summed E-state index contributed by atoms with van der Waals surface area (Å²) in [4.78, 5) is 22.9. The minimum atomic E-state index is -1.06. The van der Waals surface area contributed by atoms with Crippen molar-refractivity contribution in [3.8, 4) is 0 Å². The number of hydrogen-bond acceptors (Lipinski definition) is 3. The quantitative estimate of drug-likeness (QED) is 0.816. The van der Waals surface area contributed by atoms with Crippen molar-refractivity contribution >= 4 is 12.1 Å². The van der Waals surface area contributed by atoms with Crippen LogP contribution in [0.5, 0.6) is 0 Å². The molecule has 5 heteroatoms. The van der Waals surface area contributed by atoms with Crippen LogP contribution >= 0.6 is 0 Å². The molecule has 1 atom stereocenters. The third kappa shape index (κ3) is 7.34. The van der Waals surface area contributed by atoms with E-state index in [2.05, 4.69) is 5.32 Å². The Morgan fingerprint density at radius 3 is 2.71 bits per heavy atom. The van der Waals surface area contributed by atoms with E-state index in [0.29, 0.717) is 12.8 Å². The Labute approximate surface area is 125 Å². The molecule has 0 aliphatic heterocycles. The normalized spacial score (nSPS) is 15.9. The van der Waals surface area contributed by atoms with Crippen LogP contribution in [-0.2, 0) is 9.53 Å². The first-order valence-corrected chi connectivity index (χ1v) is 7.02. The van der Waals surface area contributed by atoms with Gasteiger partial charge in [0.2, 0.25) is 0 Å². The van der Waals surface area contributed by atoms with E-state index in [4.69, 9.17) is 4.74 Å². The van der Waals surface area contributed by atoms with Crippen LogP contribution in [0.3, 0.4) is 0 Å². The number of ether oxygens (including phenoxy) is 1. The van der Waals surface area contributed by atoms with Crippen LogP contribution < -0.4 is 5.32 Å². The molecule has 0 aromatic heterocycles. The Morgan fingerprint density at radius 1 is 1.38 bits per heavy atom. The Balaban J connectivity index is 2.54. The van der Waals surface area contributed by atoms with Gasteiger partial charge in [-0.3, -0.25) is 0 Å². The van der Waals surface area contributed by atoms with Crippen molar-refractivity contribution in [3.63, 3.8) is 0 Å². The average Bonchev–Trinajstić information content (AvgIpc) is 2.60. The van der Waals surface area contributed by atoms with Gasteiger partial charge in [-0.25, -0.2) is 9.59 Å². The van der Waals surface area contributed by atoms with E-state index in [1.165, 1.54) is 0 Å². The highest BCUT2D eigenvalue weighted by Gasteiger charge is 2.23. The van der Waals surface area contributed by atoms with Crippen molar-refractivity contribution in [2.75, 3.05) is 0 Å². The van der Waals surface area contributed by atoms with E-state index in [0.717, 1.165) is 12.0 Å². The van der Waals surface area contributed by atoms with Gasteiger partial charge in [0, 0.05) is 0 Å². The molecule has 1 aliphatic rings. The maximum Gasteiger partial charge on any atom is 0.408 e. The minimum absolute atomic E-state index is 0.318. The number of alkyl carbamates (subject to hydrolysis) is 1. The summed E-state index contributed by atoms with van der Waals surface area (Å²) in [6.07, 6.45) is 11.0. The van der Waals surface area contributed by atoms with Gasteiger partial charge in [0.05, 0.1) is 0 Å². The number of amides is 1. The summed E-state index contributed by atoms with van der Waals surface area (Å²) in [6, 6.07) is -0.957. The van der Waals surface area contributed by atoms with Gasteiger partial charge in [0.15, 0.2) is 0 Å². The molecule has 0 fully saturated rings. The minimum Gasteiger partial charge on any atom is -0.480 e. The van der Waals surface area contributed by atoms with Crippen molar-refractivity contribution in [1.29, 1.82) is 0 Å². The number of hydrogen-bond donors (Lipinski definition) is 2. The predicted octanol–water partition coefficient (Wildman–Crippen LogP) is 3.19. The van der Waals surface area contributed by atoms with Crippen molar-refractivity contribution in [3.05, 3.63) is 36.0 Å². The van der Waals surface area contributed by atoms with Gasteiger partial charge in [-0.05, 0) is 45.6 Å². The summed E-state index contributed by atoms with van der Waals surface area (Å²) < 4.78 is 5.08. The highest BCUT2D eigenvalue weighted by atomic mass is 16.6. The summed E-state index contributed by atoms with van der Waals surface area (Å²) in [5.41, 5.74) is 0.394. The van der Waals surface area contributed by atoms with Crippen LogP contribution in [0.25, 0.3) is 0 Å². The molecule has 1 amide bonds. The van der Waals surface area contributed by atoms with Crippen molar-refractivity contribution in [1.82, 2.24) is 5.32 Å². The summed E-state index contributed by atoms with van der Waals surface area (Å²) in [5, 5.41) is 11.6. The molecule has 5 nitrogen and oxygen atoms in total. The molecule has 0 spiro atoms. The first-order chi connectivity index (χ1) is 9.78. The number of allylic oxidation sites excluding steroid dienone is 6. The monoisotopic (exact) mass is 293 g/mol. The second-order valence-electron chi connectivity index (χ2n) is 5.88. The van der Waals surface area contributed by atoms with E-state index in [1.807, 2.05) is 30.4 Å². The molecule has 116 valence electrons. The maximum atomic E-state index is 11.6. The number of carboxylic acid groups (broad SMARTS) is 1. The van der Waals surface area contributed by atoms with Gasteiger partial charge in [-0.2, -0.15) is 0 Å². The number of carbonyl (C=O) groups is 2. The fourth-order valence-electron chi connectivity index (χ4n) is 1.81. The lowest BCUT2D eigenvalue weighted by Gasteiger charge is -2.22. The van der Waals surface area contributed by atoms with Gasteiger partial charge in [-0.15, -0.1) is 0 Å². The lowest BCUT2D eigenvalue weighted by atomic mass is 10.0. The van der Waals surface area contributed by atoms with E-state index in [-0.39, 0.29) is 0 Å². The fourth-order valence-corrected chi connectivity index (χ4v) is 1.81. The van der Waals surface area contributed by atoms with Gasteiger partial charge >= 0.3 is 12.1 Å². The fraction of sp³-hybridized carbons (Fsp3) is 0.500. The summed E-state index contributed by atoms with van der Waals surface area (Å²) in [5.74, 6) is -1.06. The molecule has 0 aromatic carbocycles. The molecule has 0 saturated carbocycles. The Hall–Kier alpha value is -2.04. The second kappa shape index (κ2) is 7.67. The standard InChI is InChI=1S/C16H23NO4/c1-16(2,3)21-15(20)17-13(14(18)19)11-10-12-8-6-4-5-7-9-12/h4,6-9,13H,5,10-11H2,1-3H3,(H,17,20)(H,18,19). The maximum absolute atomic E-state index is 11.6. The molecule has 1 rings (SSSR count). The average molecular weight is 293 g/mol. The molecule has 0 radical (unpaired) electrons. The van der Waals surface area contributed by atoms with E-state index >= 15 is 0 Å². The lowest BCUT2D eigenvalue weighted by molar-refractivity contribution is -0.139. The highest BCUT2D eigenvalue weighted by molar-refractivity contribution is 5.80. The molecule has 21 heavy (non-hydrogen) atoms. The van der Waals surface area contributed by atoms with Crippen LogP contribution in [0.2, 0.25) is 0 Å². The van der Waals surface area contributed by atoms with Crippen LogP contribution in [0.1, 0.15) is 40.0 Å². The smallest absolute Gasteiger partial charge is 0.408 e. The first-order valence-electron chi connectivity index (χ1n) is 7.02. The van der Waals surface area contributed by atoms with Gasteiger partial charge in [0.25, 0.3) is 0 Å². The van der Waals surface area contributed by atoms with E-state index < -0.39 is 23.7 Å². The van der Waals surface area contributed by atoms with Crippen LogP contribution in [-0.4, -0.2) is 28.8 Å². The van der Waals surface area contributed by atoms with Gasteiger partial charge in [-0.1, -0.05) is 30.4 Å². The second-order valence-corrected chi connectivity index (χ2v) is 5.88. The summed E-state index contributed by atoms with van der Waals surface area (Å²) in [6.45, 7) is 5.20. The number of aliphatic carboxylic acids is 1. The highest BCUT2D eigenvalue weighted by Crippen LogP contribution is 2.14. The van der Waals surface area contributed by atoms with Crippen molar-refractivity contribution in [2.45, 2.75) is 51.7 Å². The number of rotatable bonds is 5. The molecular formula is C16H23NO4. The number of carbonyl (C=O) groups excluding carboxylic acids is 1. The molecule has 0 bridgehead atoms.